The van der Waals surface area contributed by atoms with Gasteiger partial charge in [0.05, 0.1) is 0 Å². The Morgan fingerprint density at radius 2 is 1.11 bits per heavy atom. The van der Waals surface area contributed by atoms with Gasteiger partial charge in [-0.15, -0.1) is 0 Å². The Morgan fingerprint density at radius 1 is 1.11 bits per heavy atom. The van der Waals surface area contributed by atoms with Gasteiger partial charge >= 0.3 is 29.6 Å². The van der Waals surface area contributed by atoms with E-state index in [-0.39, 0.29) is 59.3 Å². The van der Waals surface area contributed by atoms with Crippen LogP contribution in [0.15, 0.2) is 0 Å². The van der Waals surface area contributed by atoms with Crippen LogP contribution >= 0.6 is 0 Å². The molecule has 0 aliphatic carbocycles. The largest absolute Gasteiger partial charge is 1.00 e. The van der Waals surface area contributed by atoms with Gasteiger partial charge in [0.15, 0.2) is 0 Å². The number of carboxylic acid groups (broad SMARTS) is 1. The molecule has 0 radical (unpaired) electrons. The molecule has 0 atom stereocenters. The summed E-state index contributed by atoms with van der Waals surface area (Å²) in [5, 5.41) is 8.89. The van der Waals surface area contributed by atoms with Crippen molar-refractivity contribution in [1.82, 2.24) is 0 Å². The predicted octanol–water partition coefficient (Wildman–Crippen LogP) is -1.70. The van der Waals surface area contributed by atoms with Crippen molar-refractivity contribution >= 4 is 5.97 Å². The smallest absolute Gasteiger partial charge is 0.550 e. The molecular weight excluding hydrogens is 127 g/mol. The van der Waals surface area contributed by atoms with Gasteiger partial charge in [-0.05, 0) is 6.92 Å². The van der Waals surface area contributed by atoms with E-state index >= 15 is 0 Å². The molecule has 0 bridgehead atoms. The van der Waals surface area contributed by atoms with Gasteiger partial charge in [-0.2, -0.15) is 0 Å². The summed E-state index contributed by atoms with van der Waals surface area (Å²) in [5.74, 6) is -1.08. The van der Waals surface area contributed by atoms with Crippen LogP contribution in [0.5, 0.6) is 0 Å². The molecule has 2 nitrogen and oxygen atoms in total. The fourth-order valence-corrected chi connectivity index (χ4v) is 0. The molecule has 9 heavy (non-hydrogen) atoms. The van der Waals surface area contributed by atoms with Crippen molar-refractivity contribution in [1.29, 1.82) is 0 Å². The van der Waals surface area contributed by atoms with E-state index < -0.39 is 5.97 Å². The Balaban J connectivity index is -0.00000000450. The number of carbonyl (C=O) groups excluding carboxylic acids is 1. The van der Waals surface area contributed by atoms with Crippen LogP contribution in [0.3, 0.4) is 0 Å². The molecule has 0 unspecified atom stereocenters. The van der Waals surface area contributed by atoms with Crippen LogP contribution < -0.4 is 34.7 Å². The summed E-state index contributed by atoms with van der Waals surface area (Å²) in [7, 11) is 0. The van der Waals surface area contributed by atoms with Crippen LogP contribution in [0.4, 0.5) is 0 Å². The molecule has 0 rings (SSSR count). The van der Waals surface area contributed by atoms with E-state index in [1.165, 1.54) is 0 Å². The first-order valence-corrected chi connectivity index (χ1v) is 0.908. The average molecular weight is 146 g/mol. The Morgan fingerprint density at radius 3 is 1.11 bits per heavy atom. The molecule has 3 heteroatoms. The monoisotopic (exact) mass is 146 g/mol. The quantitative estimate of drug-likeness (QED) is 0.382. The number of carbonyl (C=O) groups is 1. The van der Waals surface area contributed by atoms with E-state index in [1.807, 2.05) is 0 Å². The fraction of sp³-hybridized carbons (Fsp3) is 0.833. The Labute approximate surface area is 82.0 Å². The summed E-state index contributed by atoms with van der Waals surface area (Å²) in [6, 6.07) is 0. The number of hydrogen-bond acceptors (Lipinski definition) is 2. The molecule has 0 saturated carbocycles. The molecule has 0 aromatic carbocycles. The normalized spacial score (nSPS) is 2.78. The Bertz CT molecular complexity index is 34.0. The van der Waals surface area contributed by atoms with Gasteiger partial charge in [0, 0.05) is 5.97 Å². The maximum absolute atomic E-state index is 8.89. The molecule has 0 N–H and O–H groups in total. The second-order valence-electron chi connectivity index (χ2n) is 0.492. The average Bonchev–Trinajstić information content (AvgIpc) is 0.811. The maximum Gasteiger partial charge on any atom is 1.00 e. The molecule has 0 fully saturated rings. The molecule has 56 valence electrons. The summed E-state index contributed by atoms with van der Waals surface area (Å²) in [5.41, 5.74) is 0. The minimum Gasteiger partial charge on any atom is -0.550 e. The third-order valence-electron chi connectivity index (χ3n) is 0. The first-order valence-electron chi connectivity index (χ1n) is 0.908. The maximum atomic E-state index is 8.89. The second kappa shape index (κ2) is 39.3. The van der Waals surface area contributed by atoms with Gasteiger partial charge in [-0.3, -0.25) is 0 Å². The van der Waals surface area contributed by atoms with Gasteiger partial charge in [0.25, 0.3) is 0 Å². The van der Waals surface area contributed by atoms with E-state index in [2.05, 4.69) is 0 Å². The van der Waals surface area contributed by atoms with Crippen LogP contribution in [0, 0.1) is 0 Å². The van der Waals surface area contributed by atoms with Crippen molar-refractivity contribution in [2.45, 2.75) is 36.6 Å². The van der Waals surface area contributed by atoms with E-state index in [0.29, 0.717) is 0 Å². The first kappa shape index (κ1) is 56.4. The minimum absolute atomic E-state index is 0. The van der Waals surface area contributed by atoms with Crippen molar-refractivity contribution in [3.8, 4) is 0 Å². The minimum atomic E-state index is -1.08. The van der Waals surface area contributed by atoms with Crippen LogP contribution in [0.25, 0.3) is 0 Å². The summed E-state index contributed by atoms with van der Waals surface area (Å²) in [6.07, 6.45) is 0. The Hall–Kier alpha value is 0.470. The Kier molecular flexibility index (Phi) is 246. The first-order chi connectivity index (χ1) is 1.73. The van der Waals surface area contributed by atoms with Crippen molar-refractivity contribution in [2.75, 3.05) is 0 Å². The second-order valence-corrected chi connectivity index (χ2v) is 0.492. The summed E-state index contributed by atoms with van der Waals surface area (Å²) in [4.78, 5) is 8.89. The van der Waals surface area contributed by atoms with Gasteiger partial charge in [0.2, 0.25) is 0 Å². The standard InChI is InChI=1S/C2H4O2.4CH4.Na/c1-2(3)4;;;;;/h1H3,(H,3,4);4*1H4;/q;;;;;+1/p-1. The van der Waals surface area contributed by atoms with Crippen molar-refractivity contribution < 1.29 is 39.5 Å². The third kappa shape index (κ3) is 1610. The van der Waals surface area contributed by atoms with Gasteiger partial charge in [-0.25, -0.2) is 0 Å². The molecule has 0 aromatic rings. The summed E-state index contributed by atoms with van der Waals surface area (Å²) in [6.45, 7) is 0.972. The zero-order valence-electron chi connectivity index (χ0n) is 3.32. The number of hydrogen-bond donors (Lipinski definition) is 0. The number of carboxylic acids is 1. The van der Waals surface area contributed by atoms with E-state index in [1.54, 1.807) is 0 Å². The zero-order valence-corrected chi connectivity index (χ0v) is 5.32. The van der Waals surface area contributed by atoms with E-state index in [0.717, 1.165) is 6.92 Å². The number of rotatable bonds is 0. The molecule has 0 amide bonds. The van der Waals surface area contributed by atoms with Gasteiger partial charge in [-0.1, -0.05) is 29.7 Å². The third-order valence-corrected chi connectivity index (χ3v) is 0. The number of aliphatic carboxylic acids is 1. The van der Waals surface area contributed by atoms with Crippen LogP contribution in [-0.2, 0) is 4.79 Å². The molecule has 0 spiro atoms. The molecule has 0 saturated heterocycles. The van der Waals surface area contributed by atoms with Crippen molar-refractivity contribution in [3.05, 3.63) is 0 Å². The topological polar surface area (TPSA) is 40.1 Å². The molecule has 0 aliphatic heterocycles. The molecule has 0 aliphatic rings. The van der Waals surface area contributed by atoms with E-state index in [9.17, 15) is 0 Å². The van der Waals surface area contributed by atoms with Crippen LogP contribution in [-0.4, -0.2) is 5.97 Å². The fourth-order valence-electron chi connectivity index (χ4n) is 0. The van der Waals surface area contributed by atoms with Gasteiger partial charge < -0.3 is 9.90 Å². The van der Waals surface area contributed by atoms with E-state index in [4.69, 9.17) is 9.90 Å². The molecule has 0 heterocycles. The van der Waals surface area contributed by atoms with Gasteiger partial charge in [0.1, 0.15) is 0 Å². The SMILES string of the molecule is C.C.C.C.CC(=O)[O-].[Na+]. The predicted molar refractivity (Wildman–Crippen MR) is 37.6 cm³/mol. The van der Waals surface area contributed by atoms with Crippen LogP contribution in [0.1, 0.15) is 36.6 Å². The summed E-state index contributed by atoms with van der Waals surface area (Å²) < 4.78 is 0. The van der Waals surface area contributed by atoms with Crippen molar-refractivity contribution in [3.63, 3.8) is 0 Å². The van der Waals surface area contributed by atoms with Crippen LogP contribution in [0.2, 0.25) is 0 Å². The molecular formula is C6H19NaO2. The van der Waals surface area contributed by atoms with Crippen molar-refractivity contribution in [2.24, 2.45) is 0 Å². The zero-order chi connectivity index (χ0) is 3.58. The molecule has 0 aromatic heterocycles. The summed E-state index contributed by atoms with van der Waals surface area (Å²) >= 11 is 0.